The first kappa shape index (κ1) is 10.4. The zero-order valence-corrected chi connectivity index (χ0v) is 7.07. The molecule has 0 saturated carbocycles. The molecule has 0 radical (unpaired) electrons. The number of nitrogens with two attached hydrogens (primary N) is 1. The molecule has 2 N–H and O–H groups in total. The van der Waals surface area contributed by atoms with Crippen LogP contribution >= 0.6 is 0 Å². The first-order chi connectivity index (χ1) is 5.18. The number of terminal acetylenes is 1. The fourth-order valence-electron chi connectivity index (χ4n) is 1.07. The Balaban J connectivity index is 3.79. The SMILES string of the molecule is C#CCCC(F)(CN)CCC. The van der Waals surface area contributed by atoms with Crippen LogP contribution in [0.3, 0.4) is 0 Å². The lowest BCUT2D eigenvalue weighted by Crippen LogP contribution is -2.32. The number of hydrogen-bond donors (Lipinski definition) is 1. The summed E-state index contributed by atoms with van der Waals surface area (Å²) in [7, 11) is 0. The van der Waals surface area contributed by atoms with Gasteiger partial charge in [-0.3, -0.25) is 0 Å². The molecule has 1 unspecified atom stereocenters. The molecule has 0 aliphatic heterocycles. The predicted octanol–water partition coefficient (Wildman–Crippen LogP) is 1.87. The summed E-state index contributed by atoms with van der Waals surface area (Å²) in [5.74, 6) is 2.42. The van der Waals surface area contributed by atoms with E-state index in [0.29, 0.717) is 19.3 Å². The summed E-state index contributed by atoms with van der Waals surface area (Å²) in [6.07, 6.45) is 7.24. The highest BCUT2D eigenvalue weighted by Gasteiger charge is 2.25. The van der Waals surface area contributed by atoms with E-state index in [-0.39, 0.29) is 6.54 Å². The maximum Gasteiger partial charge on any atom is 0.124 e. The lowest BCUT2D eigenvalue weighted by molar-refractivity contribution is 0.147. The number of halogens is 1. The third kappa shape index (κ3) is 4.00. The van der Waals surface area contributed by atoms with Gasteiger partial charge in [0.15, 0.2) is 0 Å². The molecule has 0 saturated heterocycles. The molecular weight excluding hydrogens is 141 g/mol. The summed E-state index contributed by atoms with van der Waals surface area (Å²) in [5.41, 5.74) is 4.07. The van der Waals surface area contributed by atoms with E-state index in [9.17, 15) is 4.39 Å². The molecule has 0 aliphatic carbocycles. The minimum absolute atomic E-state index is 0.0858. The van der Waals surface area contributed by atoms with Crippen molar-refractivity contribution in [2.75, 3.05) is 6.54 Å². The maximum absolute atomic E-state index is 13.5. The molecular formula is C9H16FN. The van der Waals surface area contributed by atoms with Crippen LogP contribution in [0.5, 0.6) is 0 Å². The topological polar surface area (TPSA) is 26.0 Å². The average Bonchev–Trinajstić information content (AvgIpc) is 2.02. The third-order valence-electron chi connectivity index (χ3n) is 1.78. The molecule has 0 aromatic carbocycles. The standard InChI is InChI=1S/C9H16FN/c1-3-5-7-9(10,8-11)6-4-2/h1H,4-8,11H2,2H3. The van der Waals surface area contributed by atoms with Gasteiger partial charge in [0.1, 0.15) is 5.67 Å². The van der Waals surface area contributed by atoms with Crippen LogP contribution in [0.25, 0.3) is 0 Å². The number of hydrogen-bond acceptors (Lipinski definition) is 1. The van der Waals surface area contributed by atoms with Crippen LogP contribution in [0.15, 0.2) is 0 Å². The van der Waals surface area contributed by atoms with Gasteiger partial charge in [-0.2, -0.15) is 0 Å². The van der Waals surface area contributed by atoms with Gasteiger partial charge in [-0.25, -0.2) is 4.39 Å². The molecule has 0 aliphatic rings. The molecule has 11 heavy (non-hydrogen) atoms. The van der Waals surface area contributed by atoms with Crippen molar-refractivity contribution in [3.8, 4) is 12.3 Å². The summed E-state index contributed by atoms with van der Waals surface area (Å²) >= 11 is 0. The van der Waals surface area contributed by atoms with Gasteiger partial charge in [-0.05, 0) is 12.8 Å². The second-order valence-corrected chi connectivity index (χ2v) is 2.81. The van der Waals surface area contributed by atoms with E-state index < -0.39 is 5.67 Å². The van der Waals surface area contributed by atoms with Gasteiger partial charge in [-0.1, -0.05) is 13.3 Å². The fraction of sp³-hybridized carbons (Fsp3) is 0.778. The van der Waals surface area contributed by atoms with Crippen molar-refractivity contribution in [3.63, 3.8) is 0 Å². The van der Waals surface area contributed by atoms with Crippen molar-refractivity contribution in [1.82, 2.24) is 0 Å². The Hall–Kier alpha value is -0.550. The molecule has 0 spiro atoms. The van der Waals surface area contributed by atoms with E-state index in [0.717, 1.165) is 6.42 Å². The van der Waals surface area contributed by atoms with Crippen LogP contribution < -0.4 is 5.73 Å². The largest absolute Gasteiger partial charge is 0.328 e. The Labute approximate surface area is 68.2 Å². The summed E-state index contributed by atoms with van der Waals surface area (Å²) in [4.78, 5) is 0. The monoisotopic (exact) mass is 157 g/mol. The Kier molecular flexibility index (Phi) is 4.89. The maximum atomic E-state index is 13.5. The van der Waals surface area contributed by atoms with Gasteiger partial charge in [0.05, 0.1) is 0 Å². The molecule has 0 heterocycles. The Morgan fingerprint density at radius 3 is 2.55 bits per heavy atom. The lowest BCUT2D eigenvalue weighted by Gasteiger charge is -2.21. The van der Waals surface area contributed by atoms with E-state index >= 15 is 0 Å². The smallest absolute Gasteiger partial charge is 0.124 e. The first-order valence-corrected chi connectivity index (χ1v) is 4.01. The van der Waals surface area contributed by atoms with Crippen molar-refractivity contribution in [1.29, 1.82) is 0 Å². The summed E-state index contributed by atoms with van der Waals surface area (Å²) in [6, 6.07) is 0. The predicted molar refractivity (Wildman–Crippen MR) is 45.9 cm³/mol. The highest BCUT2D eigenvalue weighted by molar-refractivity contribution is 4.89. The zero-order valence-electron chi connectivity index (χ0n) is 7.07. The van der Waals surface area contributed by atoms with Gasteiger partial charge >= 0.3 is 0 Å². The van der Waals surface area contributed by atoms with Crippen molar-refractivity contribution >= 4 is 0 Å². The fourth-order valence-corrected chi connectivity index (χ4v) is 1.07. The highest BCUT2D eigenvalue weighted by Crippen LogP contribution is 2.22. The van der Waals surface area contributed by atoms with Crippen molar-refractivity contribution in [3.05, 3.63) is 0 Å². The van der Waals surface area contributed by atoms with Crippen molar-refractivity contribution < 1.29 is 4.39 Å². The van der Waals surface area contributed by atoms with Crippen molar-refractivity contribution in [2.45, 2.75) is 38.3 Å². The Morgan fingerprint density at radius 1 is 1.55 bits per heavy atom. The molecule has 0 aromatic heterocycles. The Morgan fingerprint density at radius 2 is 2.18 bits per heavy atom. The van der Waals surface area contributed by atoms with Crippen LogP contribution in [0.2, 0.25) is 0 Å². The molecule has 0 rings (SSSR count). The average molecular weight is 157 g/mol. The summed E-state index contributed by atoms with van der Waals surface area (Å²) in [5, 5.41) is 0. The molecule has 64 valence electrons. The lowest BCUT2D eigenvalue weighted by atomic mass is 9.95. The second kappa shape index (κ2) is 5.15. The van der Waals surface area contributed by atoms with E-state index in [4.69, 9.17) is 12.2 Å². The van der Waals surface area contributed by atoms with Crippen LogP contribution in [0, 0.1) is 12.3 Å². The highest BCUT2D eigenvalue weighted by atomic mass is 19.1. The second-order valence-electron chi connectivity index (χ2n) is 2.81. The Bertz CT molecular complexity index is 139. The zero-order chi connectivity index (χ0) is 8.74. The van der Waals surface area contributed by atoms with Crippen LogP contribution in [0.1, 0.15) is 32.6 Å². The van der Waals surface area contributed by atoms with Gasteiger partial charge < -0.3 is 5.73 Å². The van der Waals surface area contributed by atoms with E-state index in [1.54, 1.807) is 0 Å². The molecule has 1 atom stereocenters. The van der Waals surface area contributed by atoms with Gasteiger partial charge in [0, 0.05) is 13.0 Å². The molecule has 0 aromatic rings. The minimum Gasteiger partial charge on any atom is -0.328 e. The number of alkyl halides is 1. The molecule has 2 heteroatoms. The van der Waals surface area contributed by atoms with Crippen LogP contribution in [0.4, 0.5) is 4.39 Å². The summed E-state index contributed by atoms with van der Waals surface area (Å²) < 4.78 is 13.5. The van der Waals surface area contributed by atoms with Gasteiger partial charge in [0.25, 0.3) is 0 Å². The minimum atomic E-state index is -1.22. The van der Waals surface area contributed by atoms with E-state index in [1.807, 2.05) is 6.92 Å². The van der Waals surface area contributed by atoms with E-state index in [1.165, 1.54) is 0 Å². The summed E-state index contributed by atoms with van der Waals surface area (Å²) in [6.45, 7) is 2.03. The molecule has 0 amide bonds. The molecule has 0 bridgehead atoms. The molecule has 0 fully saturated rings. The van der Waals surface area contributed by atoms with Gasteiger partial charge in [0.2, 0.25) is 0 Å². The van der Waals surface area contributed by atoms with Crippen LogP contribution in [-0.2, 0) is 0 Å². The first-order valence-electron chi connectivity index (χ1n) is 4.01. The van der Waals surface area contributed by atoms with Crippen molar-refractivity contribution in [2.24, 2.45) is 5.73 Å². The molecule has 1 nitrogen and oxygen atoms in total. The normalized spacial score (nSPS) is 15.5. The quantitative estimate of drug-likeness (QED) is 0.606. The number of rotatable bonds is 5. The van der Waals surface area contributed by atoms with Gasteiger partial charge in [-0.15, -0.1) is 12.3 Å². The van der Waals surface area contributed by atoms with E-state index in [2.05, 4.69) is 5.92 Å². The third-order valence-corrected chi connectivity index (χ3v) is 1.78. The van der Waals surface area contributed by atoms with Crippen LogP contribution in [-0.4, -0.2) is 12.2 Å².